The standard InChI is InChI=1S/C28H52N6O2/c1-7-10-18(4)24-25(22(36-6)12-14-32-24)34-27(35)23(26(30)31)21-15-28(5,9-3)13-11-20(17-33-21)19(8-2)16-29/h14,18-26,33H,7-13,15,17,30-31H2,1-6H3,(H,34,35)/t18?,19?,20?,21?,22?,23?,24?,25?,28-/m1/s1. The van der Waals surface area contributed by atoms with E-state index < -0.39 is 12.1 Å². The van der Waals surface area contributed by atoms with Gasteiger partial charge in [0.1, 0.15) is 0 Å². The summed E-state index contributed by atoms with van der Waals surface area (Å²) in [6.07, 6.45) is 8.42. The maximum Gasteiger partial charge on any atom is 0.227 e. The molecule has 2 rings (SSSR count). The molecule has 2 heterocycles. The van der Waals surface area contributed by atoms with Gasteiger partial charge in [0.2, 0.25) is 5.91 Å². The van der Waals surface area contributed by atoms with Gasteiger partial charge in [0.15, 0.2) is 0 Å². The molecule has 6 N–H and O–H groups in total. The van der Waals surface area contributed by atoms with Crippen LogP contribution in [-0.2, 0) is 9.53 Å². The fraction of sp³-hybridized carbons (Fsp3) is 0.893. The van der Waals surface area contributed by atoms with E-state index in [1.54, 1.807) is 7.11 Å². The molecule has 8 heteroatoms. The minimum Gasteiger partial charge on any atom is -0.379 e. The molecule has 0 saturated carbocycles. The monoisotopic (exact) mass is 504 g/mol. The van der Waals surface area contributed by atoms with Gasteiger partial charge < -0.3 is 26.8 Å². The van der Waals surface area contributed by atoms with Crippen LogP contribution in [0, 0.1) is 40.4 Å². The van der Waals surface area contributed by atoms with Crippen molar-refractivity contribution >= 4 is 12.1 Å². The van der Waals surface area contributed by atoms with Crippen LogP contribution < -0.4 is 22.1 Å². The molecule has 8 unspecified atom stereocenters. The molecule has 8 nitrogen and oxygen atoms in total. The van der Waals surface area contributed by atoms with Crippen LogP contribution in [-0.4, -0.2) is 56.2 Å². The second-order valence-electron chi connectivity index (χ2n) is 11.6. The molecular weight excluding hydrogens is 452 g/mol. The molecule has 206 valence electrons. The zero-order valence-corrected chi connectivity index (χ0v) is 23.5. The van der Waals surface area contributed by atoms with Gasteiger partial charge in [0, 0.05) is 25.8 Å². The summed E-state index contributed by atoms with van der Waals surface area (Å²) < 4.78 is 5.79. The Morgan fingerprint density at radius 3 is 2.64 bits per heavy atom. The third-order valence-corrected chi connectivity index (χ3v) is 8.98. The highest BCUT2D eigenvalue weighted by Crippen LogP contribution is 2.39. The topological polar surface area (TPSA) is 139 Å². The fourth-order valence-corrected chi connectivity index (χ4v) is 6.27. The number of carbonyl (C=O) groups is 1. The van der Waals surface area contributed by atoms with Gasteiger partial charge in [-0.15, -0.1) is 0 Å². The van der Waals surface area contributed by atoms with Crippen LogP contribution in [0.25, 0.3) is 0 Å². The zero-order valence-electron chi connectivity index (χ0n) is 23.5. The number of rotatable bonds is 11. The summed E-state index contributed by atoms with van der Waals surface area (Å²) in [5.41, 5.74) is 12.7. The summed E-state index contributed by atoms with van der Waals surface area (Å²) >= 11 is 0. The highest BCUT2D eigenvalue weighted by molar-refractivity contribution is 5.81. The SMILES string of the molecule is CCCC(C)C1N=CCC(OC)C1NC(=O)C(C(N)N)C1C[C@](C)(CC)CCC(C(C#N)CC)CN1. The lowest BCUT2D eigenvalue weighted by Gasteiger charge is -2.43. The van der Waals surface area contributed by atoms with Crippen molar-refractivity contribution in [2.24, 2.45) is 45.5 Å². The van der Waals surface area contributed by atoms with Crippen LogP contribution in [0.3, 0.4) is 0 Å². The number of nitriles is 1. The number of ether oxygens (including phenoxy) is 1. The van der Waals surface area contributed by atoms with Crippen molar-refractivity contribution in [2.75, 3.05) is 13.7 Å². The van der Waals surface area contributed by atoms with Gasteiger partial charge in [-0.05, 0) is 55.9 Å². The van der Waals surface area contributed by atoms with Crippen molar-refractivity contribution in [1.82, 2.24) is 10.6 Å². The zero-order chi connectivity index (χ0) is 26.9. The smallest absolute Gasteiger partial charge is 0.227 e. The van der Waals surface area contributed by atoms with Crippen molar-refractivity contribution < 1.29 is 9.53 Å². The van der Waals surface area contributed by atoms with E-state index in [0.29, 0.717) is 18.9 Å². The second-order valence-corrected chi connectivity index (χ2v) is 11.6. The van der Waals surface area contributed by atoms with Crippen molar-refractivity contribution in [2.45, 2.75) is 116 Å². The Labute approximate surface area is 219 Å². The lowest BCUT2D eigenvalue weighted by atomic mass is 9.70. The van der Waals surface area contributed by atoms with E-state index in [1.165, 1.54) is 0 Å². The van der Waals surface area contributed by atoms with Gasteiger partial charge in [-0.3, -0.25) is 9.79 Å². The van der Waals surface area contributed by atoms with Crippen molar-refractivity contribution in [3.05, 3.63) is 0 Å². The highest BCUT2D eigenvalue weighted by atomic mass is 16.5. The van der Waals surface area contributed by atoms with Gasteiger partial charge in [-0.1, -0.05) is 47.5 Å². The Morgan fingerprint density at radius 1 is 1.36 bits per heavy atom. The van der Waals surface area contributed by atoms with Gasteiger partial charge in [0.05, 0.1) is 42.3 Å². The summed E-state index contributed by atoms with van der Waals surface area (Å²) in [4.78, 5) is 18.7. The first-order chi connectivity index (χ1) is 17.1. The molecule has 1 fully saturated rings. The van der Waals surface area contributed by atoms with Crippen LogP contribution in [0.5, 0.6) is 0 Å². The predicted octanol–water partition coefficient (Wildman–Crippen LogP) is 3.35. The van der Waals surface area contributed by atoms with E-state index in [0.717, 1.165) is 44.9 Å². The van der Waals surface area contributed by atoms with Crippen LogP contribution in [0.4, 0.5) is 0 Å². The van der Waals surface area contributed by atoms with Gasteiger partial charge in [-0.2, -0.15) is 5.26 Å². The number of amides is 1. The highest BCUT2D eigenvalue weighted by Gasteiger charge is 2.42. The molecule has 2 aliphatic heterocycles. The van der Waals surface area contributed by atoms with Gasteiger partial charge in [0.25, 0.3) is 0 Å². The van der Waals surface area contributed by atoms with Crippen LogP contribution in [0.1, 0.15) is 86.0 Å². The van der Waals surface area contributed by atoms with Gasteiger partial charge in [-0.25, -0.2) is 0 Å². The Balaban J connectivity index is 2.31. The Morgan fingerprint density at radius 2 is 2.08 bits per heavy atom. The molecule has 0 bridgehead atoms. The third-order valence-electron chi connectivity index (χ3n) is 8.98. The minimum absolute atomic E-state index is 0.000411. The molecule has 0 aromatic heterocycles. The number of hydrogen-bond acceptors (Lipinski definition) is 7. The molecule has 0 aromatic carbocycles. The number of aliphatic imine (C=N–C) groups is 1. The first kappa shape index (κ1) is 30.7. The molecule has 36 heavy (non-hydrogen) atoms. The molecule has 1 saturated heterocycles. The van der Waals surface area contributed by atoms with Crippen LogP contribution in [0.2, 0.25) is 0 Å². The molecule has 2 aliphatic rings. The first-order valence-corrected chi connectivity index (χ1v) is 14.1. The van der Waals surface area contributed by atoms with Crippen molar-refractivity contribution in [1.29, 1.82) is 5.26 Å². The normalized spacial score (nSPS) is 33.7. The van der Waals surface area contributed by atoms with E-state index in [9.17, 15) is 10.1 Å². The van der Waals surface area contributed by atoms with E-state index in [4.69, 9.17) is 21.2 Å². The summed E-state index contributed by atoms with van der Waals surface area (Å²) in [7, 11) is 1.69. The Bertz CT molecular complexity index is 753. The Kier molecular flexibility index (Phi) is 12.3. The second kappa shape index (κ2) is 14.4. The summed E-state index contributed by atoms with van der Waals surface area (Å²) in [6, 6.07) is 2.06. The first-order valence-electron chi connectivity index (χ1n) is 14.1. The molecule has 0 spiro atoms. The number of methoxy groups -OCH3 is 1. The molecule has 0 radical (unpaired) electrons. The number of hydrogen-bond donors (Lipinski definition) is 4. The van der Waals surface area contributed by atoms with E-state index in [1.807, 2.05) is 6.21 Å². The van der Waals surface area contributed by atoms with E-state index in [-0.39, 0.29) is 47.4 Å². The Hall–Kier alpha value is -1.53. The molecule has 1 amide bonds. The quantitative estimate of drug-likeness (QED) is 0.318. The van der Waals surface area contributed by atoms with E-state index >= 15 is 0 Å². The number of nitrogens with one attached hydrogen (secondary N) is 2. The molecule has 0 aromatic rings. The lowest BCUT2D eigenvalue weighted by Crippen LogP contribution is -2.62. The maximum absolute atomic E-state index is 13.9. The maximum atomic E-state index is 13.9. The van der Waals surface area contributed by atoms with Crippen molar-refractivity contribution in [3.8, 4) is 6.07 Å². The molecule has 0 aliphatic carbocycles. The minimum atomic E-state index is -0.806. The molecule has 9 atom stereocenters. The summed E-state index contributed by atoms with van der Waals surface area (Å²) in [5, 5.41) is 16.7. The third kappa shape index (κ3) is 7.74. The number of carbonyl (C=O) groups excluding carboxylic acids is 1. The average molecular weight is 505 g/mol. The summed E-state index contributed by atoms with van der Waals surface area (Å²) in [5.74, 6) is -0.165. The number of nitrogens with zero attached hydrogens (tertiary/aromatic N) is 2. The fourth-order valence-electron chi connectivity index (χ4n) is 6.27. The lowest BCUT2D eigenvalue weighted by molar-refractivity contribution is -0.129. The summed E-state index contributed by atoms with van der Waals surface area (Å²) in [6.45, 7) is 11.6. The molecular formula is C28H52N6O2. The van der Waals surface area contributed by atoms with Crippen LogP contribution >= 0.6 is 0 Å². The number of nitrogens with two attached hydrogens (primary N) is 2. The largest absolute Gasteiger partial charge is 0.379 e. The van der Waals surface area contributed by atoms with Crippen molar-refractivity contribution in [3.63, 3.8) is 0 Å². The van der Waals surface area contributed by atoms with Crippen LogP contribution in [0.15, 0.2) is 4.99 Å². The van der Waals surface area contributed by atoms with E-state index in [2.05, 4.69) is 51.3 Å². The predicted molar refractivity (Wildman–Crippen MR) is 146 cm³/mol. The van der Waals surface area contributed by atoms with Gasteiger partial charge >= 0.3 is 0 Å². The average Bonchev–Trinajstić information content (AvgIpc) is 2.84.